The van der Waals surface area contributed by atoms with Crippen molar-refractivity contribution in [3.8, 4) is 11.5 Å². The number of carbonyl (C=O) groups is 1. The van der Waals surface area contributed by atoms with Crippen LogP contribution in [0, 0.1) is 0 Å². The number of aryl methyl sites for hydroxylation is 1. The zero-order valence-corrected chi connectivity index (χ0v) is 13.5. The third-order valence-electron chi connectivity index (χ3n) is 3.46. The van der Waals surface area contributed by atoms with Crippen LogP contribution in [0.3, 0.4) is 0 Å². The van der Waals surface area contributed by atoms with Crippen molar-refractivity contribution >= 4 is 5.91 Å². The number of benzene rings is 2. The van der Waals surface area contributed by atoms with Gasteiger partial charge < -0.3 is 14.8 Å². The fourth-order valence-corrected chi connectivity index (χ4v) is 2.15. The molecule has 0 aromatic heterocycles. The second kappa shape index (κ2) is 9.51. The van der Waals surface area contributed by atoms with Crippen molar-refractivity contribution in [2.45, 2.75) is 19.3 Å². The first-order valence-corrected chi connectivity index (χ1v) is 7.85. The molecule has 2 aromatic carbocycles. The van der Waals surface area contributed by atoms with Gasteiger partial charge in [-0.3, -0.25) is 4.79 Å². The van der Waals surface area contributed by atoms with E-state index < -0.39 is 0 Å². The Balaban J connectivity index is 1.56. The first kappa shape index (κ1) is 16.9. The molecule has 0 aliphatic rings. The fraction of sp³-hybridized carbons (Fsp3) is 0.316. The normalized spacial score (nSPS) is 10.1. The van der Waals surface area contributed by atoms with E-state index in [9.17, 15) is 4.79 Å². The Morgan fingerprint density at radius 3 is 2.43 bits per heavy atom. The molecule has 0 saturated carbocycles. The topological polar surface area (TPSA) is 47.6 Å². The van der Waals surface area contributed by atoms with Gasteiger partial charge in [-0.05, 0) is 42.7 Å². The second-order valence-corrected chi connectivity index (χ2v) is 5.21. The number of ether oxygens (including phenoxy) is 2. The quantitative estimate of drug-likeness (QED) is 0.723. The maximum absolute atomic E-state index is 11.8. The lowest BCUT2D eigenvalue weighted by Gasteiger charge is -2.07. The largest absolute Gasteiger partial charge is 0.497 e. The van der Waals surface area contributed by atoms with E-state index in [0.29, 0.717) is 19.6 Å². The summed E-state index contributed by atoms with van der Waals surface area (Å²) in [6.07, 6.45) is 2.02. The molecule has 0 heterocycles. The molecule has 122 valence electrons. The Labute approximate surface area is 137 Å². The molecule has 1 amide bonds. The highest BCUT2D eigenvalue weighted by molar-refractivity contribution is 5.76. The van der Waals surface area contributed by atoms with Gasteiger partial charge in [0.25, 0.3) is 0 Å². The minimum Gasteiger partial charge on any atom is -0.497 e. The van der Waals surface area contributed by atoms with Gasteiger partial charge in [-0.15, -0.1) is 0 Å². The van der Waals surface area contributed by atoms with Gasteiger partial charge in [0.05, 0.1) is 13.7 Å². The molecule has 0 saturated heterocycles. The van der Waals surface area contributed by atoms with Crippen molar-refractivity contribution in [3.05, 3.63) is 60.2 Å². The second-order valence-electron chi connectivity index (χ2n) is 5.21. The minimum absolute atomic E-state index is 0.0699. The maximum Gasteiger partial charge on any atom is 0.220 e. The molecular weight excluding hydrogens is 290 g/mol. The molecule has 0 unspecified atom stereocenters. The summed E-state index contributed by atoms with van der Waals surface area (Å²) in [7, 11) is 1.64. The predicted octanol–water partition coefficient (Wildman–Crippen LogP) is 3.21. The van der Waals surface area contributed by atoms with Crippen molar-refractivity contribution in [3.63, 3.8) is 0 Å². The van der Waals surface area contributed by atoms with Crippen LogP contribution < -0.4 is 14.8 Å². The van der Waals surface area contributed by atoms with Crippen LogP contribution in [0.25, 0.3) is 0 Å². The molecule has 4 heteroatoms. The Kier molecular flexibility index (Phi) is 6.98. The molecule has 0 aliphatic carbocycles. The van der Waals surface area contributed by atoms with Crippen LogP contribution in [0.4, 0.5) is 0 Å². The molecule has 4 nitrogen and oxygen atoms in total. The molecule has 0 radical (unpaired) electrons. The fourth-order valence-electron chi connectivity index (χ4n) is 2.15. The number of methoxy groups -OCH3 is 1. The third kappa shape index (κ3) is 6.43. The summed E-state index contributed by atoms with van der Waals surface area (Å²) in [5, 5.41) is 2.92. The maximum atomic E-state index is 11.8. The molecule has 0 aliphatic heterocycles. The van der Waals surface area contributed by atoms with Crippen LogP contribution in [0.15, 0.2) is 54.6 Å². The Morgan fingerprint density at radius 1 is 1.00 bits per heavy atom. The lowest BCUT2D eigenvalue weighted by atomic mass is 10.1. The highest BCUT2D eigenvalue weighted by Crippen LogP contribution is 2.12. The number of amides is 1. The van der Waals surface area contributed by atoms with Crippen LogP contribution in [-0.4, -0.2) is 26.2 Å². The standard InChI is InChI=1S/C19H23NO3/c1-22-17-11-8-16(9-12-17)10-13-19(21)20-14-5-15-23-18-6-3-2-4-7-18/h2-4,6-9,11-12H,5,10,13-15H2,1H3,(H,20,21). The summed E-state index contributed by atoms with van der Waals surface area (Å²) in [5.74, 6) is 1.76. The molecule has 23 heavy (non-hydrogen) atoms. The van der Waals surface area contributed by atoms with E-state index in [2.05, 4.69) is 5.32 Å². The Bertz CT molecular complexity index is 581. The van der Waals surface area contributed by atoms with Crippen LogP contribution in [0.5, 0.6) is 11.5 Å². The van der Waals surface area contributed by atoms with Crippen molar-refractivity contribution in [1.82, 2.24) is 5.32 Å². The zero-order valence-electron chi connectivity index (χ0n) is 13.5. The molecule has 0 bridgehead atoms. The summed E-state index contributed by atoms with van der Waals surface area (Å²) in [6, 6.07) is 17.5. The highest BCUT2D eigenvalue weighted by atomic mass is 16.5. The van der Waals surface area contributed by atoms with Crippen molar-refractivity contribution < 1.29 is 14.3 Å². The molecular formula is C19H23NO3. The van der Waals surface area contributed by atoms with Gasteiger partial charge >= 0.3 is 0 Å². The van der Waals surface area contributed by atoms with E-state index in [-0.39, 0.29) is 5.91 Å². The van der Waals surface area contributed by atoms with Gasteiger partial charge in [0, 0.05) is 13.0 Å². The monoisotopic (exact) mass is 313 g/mol. The molecule has 1 N–H and O–H groups in total. The Hall–Kier alpha value is -2.49. The smallest absolute Gasteiger partial charge is 0.220 e. The molecule has 0 atom stereocenters. The number of nitrogens with one attached hydrogen (secondary N) is 1. The van der Waals surface area contributed by atoms with E-state index in [0.717, 1.165) is 29.9 Å². The van der Waals surface area contributed by atoms with Gasteiger partial charge in [0.1, 0.15) is 11.5 Å². The van der Waals surface area contributed by atoms with Crippen molar-refractivity contribution in [2.24, 2.45) is 0 Å². The van der Waals surface area contributed by atoms with E-state index in [1.54, 1.807) is 7.11 Å². The van der Waals surface area contributed by atoms with Gasteiger partial charge in [-0.25, -0.2) is 0 Å². The van der Waals surface area contributed by atoms with E-state index in [1.165, 1.54) is 0 Å². The average molecular weight is 313 g/mol. The molecule has 2 aromatic rings. The zero-order chi connectivity index (χ0) is 16.3. The number of carbonyl (C=O) groups excluding carboxylic acids is 1. The van der Waals surface area contributed by atoms with Gasteiger partial charge in [-0.2, -0.15) is 0 Å². The summed E-state index contributed by atoms with van der Waals surface area (Å²) in [6.45, 7) is 1.23. The summed E-state index contributed by atoms with van der Waals surface area (Å²) in [4.78, 5) is 11.8. The van der Waals surface area contributed by atoms with Gasteiger partial charge in [0.2, 0.25) is 5.91 Å². The Morgan fingerprint density at radius 2 is 1.74 bits per heavy atom. The number of hydrogen-bond donors (Lipinski definition) is 1. The number of rotatable bonds is 9. The van der Waals surface area contributed by atoms with Crippen LogP contribution in [-0.2, 0) is 11.2 Å². The average Bonchev–Trinajstić information content (AvgIpc) is 2.61. The highest BCUT2D eigenvalue weighted by Gasteiger charge is 2.02. The lowest BCUT2D eigenvalue weighted by Crippen LogP contribution is -2.25. The van der Waals surface area contributed by atoms with Crippen LogP contribution >= 0.6 is 0 Å². The van der Waals surface area contributed by atoms with Crippen molar-refractivity contribution in [1.29, 1.82) is 0 Å². The summed E-state index contributed by atoms with van der Waals surface area (Å²) < 4.78 is 10.7. The predicted molar refractivity (Wildman–Crippen MR) is 90.9 cm³/mol. The SMILES string of the molecule is COc1ccc(CCC(=O)NCCCOc2ccccc2)cc1. The summed E-state index contributed by atoms with van der Waals surface area (Å²) >= 11 is 0. The first-order chi connectivity index (χ1) is 11.3. The van der Waals surface area contributed by atoms with Gasteiger partial charge in [0.15, 0.2) is 0 Å². The first-order valence-electron chi connectivity index (χ1n) is 7.85. The summed E-state index contributed by atoms with van der Waals surface area (Å²) in [5.41, 5.74) is 1.13. The van der Waals surface area contributed by atoms with Crippen molar-refractivity contribution in [2.75, 3.05) is 20.3 Å². The van der Waals surface area contributed by atoms with E-state index >= 15 is 0 Å². The minimum atomic E-state index is 0.0699. The van der Waals surface area contributed by atoms with Gasteiger partial charge in [-0.1, -0.05) is 30.3 Å². The van der Waals surface area contributed by atoms with Crippen LogP contribution in [0.1, 0.15) is 18.4 Å². The van der Waals surface area contributed by atoms with Crippen LogP contribution in [0.2, 0.25) is 0 Å². The lowest BCUT2D eigenvalue weighted by molar-refractivity contribution is -0.121. The number of hydrogen-bond acceptors (Lipinski definition) is 3. The molecule has 0 spiro atoms. The van der Waals surface area contributed by atoms with E-state index in [4.69, 9.17) is 9.47 Å². The third-order valence-corrected chi connectivity index (χ3v) is 3.46. The molecule has 2 rings (SSSR count). The van der Waals surface area contributed by atoms with E-state index in [1.807, 2.05) is 54.6 Å². The molecule has 0 fully saturated rings. The number of para-hydroxylation sites is 1.